The maximum Gasteiger partial charge on any atom is 0.317 e. The molecule has 132 valence electrons. The summed E-state index contributed by atoms with van der Waals surface area (Å²) in [6.07, 6.45) is 11.8. The molecule has 3 rings (SSSR count). The van der Waals surface area contributed by atoms with E-state index in [1.54, 1.807) is 0 Å². The Morgan fingerprint density at radius 2 is 1.75 bits per heavy atom. The molecule has 5 nitrogen and oxygen atoms in total. The summed E-state index contributed by atoms with van der Waals surface area (Å²) in [5.41, 5.74) is 1.27. The number of aromatic nitrogens is 1. The van der Waals surface area contributed by atoms with Gasteiger partial charge in [0.1, 0.15) is 0 Å². The Labute approximate surface area is 145 Å². The van der Waals surface area contributed by atoms with Gasteiger partial charge in [-0.25, -0.2) is 4.79 Å². The summed E-state index contributed by atoms with van der Waals surface area (Å²) in [6.45, 7) is 3.88. The topological polar surface area (TPSA) is 57.3 Å². The molecule has 1 aromatic rings. The van der Waals surface area contributed by atoms with Crippen LogP contribution >= 0.6 is 0 Å². The zero-order valence-corrected chi connectivity index (χ0v) is 14.7. The van der Waals surface area contributed by atoms with Crippen LogP contribution < -0.4 is 10.6 Å². The molecule has 1 saturated heterocycles. The van der Waals surface area contributed by atoms with Crippen molar-refractivity contribution >= 4 is 6.03 Å². The summed E-state index contributed by atoms with van der Waals surface area (Å²) < 4.78 is 0. The molecule has 2 N–H and O–H groups in total. The van der Waals surface area contributed by atoms with Crippen LogP contribution in [0.5, 0.6) is 0 Å². The highest BCUT2D eigenvalue weighted by Gasteiger charge is 2.25. The van der Waals surface area contributed by atoms with Crippen molar-refractivity contribution in [2.75, 3.05) is 13.1 Å². The SMILES string of the molecule is CC(NC1CCN(C(=O)NC2CCCCC2)CC1)c1ccncc1. The van der Waals surface area contributed by atoms with Gasteiger partial charge in [0, 0.05) is 43.6 Å². The Morgan fingerprint density at radius 3 is 2.42 bits per heavy atom. The summed E-state index contributed by atoms with van der Waals surface area (Å²) in [5, 5.41) is 6.92. The first-order valence-corrected chi connectivity index (χ1v) is 9.44. The highest BCUT2D eigenvalue weighted by atomic mass is 16.2. The predicted octanol–water partition coefficient (Wildman–Crippen LogP) is 3.24. The van der Waals surface area contributed by atoms with Gasteiger partial charge in [0.15, 0.2) is 0 Å². The van der Waals surface area contributed by atoms with Gasteiger partial charge in [-0.1, -0.05) is 19.3 Å². The monoisotopic (exact) mass is 330 g/mol. The van der Waals surface area contributed by atoms with Gasteiger partial charge >= 0.3 is 6.03 Å². The van der Waals surface area contributed by atoms with Crippen LogP contribution in [-0.4, -0.2) is 41.1 Å². The molecule has 24 heavy (non-hydrogen) atoms. The first-order valence-electron chi connectivity index (χ1n) is 9.44. The Kier molecular flexibility index (Phi) is 6.07. The molecule has 2 fully saturated rings. The molecule has 1 aliphatic carbocycles. The molecule has 1 unspecified atom stereocenters. The van der Waals surface area contributed by atoms with Gasteiger partial charge in [-0.15, -0.1) is 0 Å². The summed E-state index contributed by atoms with van der Waals surface area (Å²) in [6, 6.07) is 5.46. The highest BCUT2D eigenvalue weighted by molar-refractivity contribution is 5.74. The van der Waals surface area contributed by atoms with E-state index in [0.29, 0.717) is 18.1 Å². The molecule has 5 heteroatoms. The van der Waals surface area contributed by atoms with Crippen molar-refractivity contribution < 1.29 is 4.79 Å². The minimum Gasteiger partial charge on any atom is -0.335 e. The van der Waals surface area contributed by atoms with Crippen LogP contribution in [0.2, 0.25) is 0 Å². The van der Waals surface area contributed by atoms with Gasteiger partial charge in [-0.3, -0.25) is 4.98 Å². The van der Waals surface area contributed by atoms with E-state index in [1.807, 2.05) is 17.3 Å². The second-order valence-electron chi connectivity index (χ2n) is 7.21. The number of urea groups is 1. The third kappa shape index (κ3) is 4.69. The van der Waals surface area contributed by atoms with Crippen LogP contribution in [0.1, 0.15) is 63.5 Å². The zero-order chi connectivity index (χ0) is 16.8. The average molecular weight is 330 g/mol. The molecule has 1 saturated carbocycles. The standard InChI is InChI=1S/C19H30N4O/c1-15(16-7-11-20-12-8-16)21-18-9-13-23(14-10-18)19(24)22-17-5-3-2-4-6-17/h7-8,11-12,15,17-18,21H,2-6,9-10,13-14H2,1H3,(H,22,24). The smallest absolute Gasteiger partial charge is 0.317 e. The first-order chi connectivity index (χ1) is 11.7. The fourth-order valence-corrected chi connectivity index (χ4v) is 3.86. The van der Waals surface area contributed by atoms with Gasteiger partial charge < -0.3 is 15.5 Å². The van der Waals surface area contributed by atoms with Crippen molar-refractivity contribution in [2.24, 2.45) is 0 Å². The summed E-state index contributed by atoms with van der Waals surface area (Å²) in [5.74, 6) is 0. The lowest BCUT2D eigenvalue weighted by atomic mass is 9.95. The lowest BCUT2D eigenvalue weighted by molar-refractivity contribution is 0.168. The number of piperidine rings is 1. The van der Waals surface area contributed by atoms with E-state index in [0.717, 1.165) is 38.8 Å². The number of carbonyl (C=O) groups excluding carboxylic acids is 1. The maximum atomic E-state index is 12.4. The number of nitrogens with one attached hydrogen (secondary N) is 2. The van der Waals surface area contributed by atoms with Crippen molar-refractivity contribution in [3.8, 4) is 0 Å². The van der Waals surface area contributed by atoms with Crippen LogP contribution in [0.15, 0.2) is 24.5 Å². The Hall–Kier alpha value is -1.62. The molecule has 2 heterocycles. The quantitative estimate of drug-likeness (QED) is 0.891. The number of pyridine rings is 1. The van der Waals surface area contributed by atoms with Gasteiger partial charge in [-0.2, -0.15) is 0 Å². The molecule has 1 atom stereocenters. The van der Waals surface area contributed by atoms with Gasteiger partial charge in [0.25, 0.3) is 0 Å². The number of carbonyl (C=O) groups is 1. The lowest BCUT2D eigenvalue weighted by Crippen LogP contribution is -2.51. The average Bonchev–Trinajstić information content (AvgIpc) is 2.64. The minimum atomic E-state index is 0.141. The van der Waals surface area contributed by atoms with E-state index in [9.17, 15) is 4.79 Å². The van der Waals surface area contributed by atoms with Crippen molar-refractivity contribution in [2.45, 2.75) is 70.0 Å². The van der Waals surface area contributed by atoms with Gasteiger partial charge in [0.2, 0.25) is 0 Å². The maximum absolute atomic E-state index is 12.4. The molecule has 0 aromatic carbocycles. The highest BCUT2D eigenvalue weighted by Crippen LogP contribution is 2.19. The Bertz CT molecular complexity index is 507. The van der Waals surface area contributed by atoms with E-state index < -0.39 is 0 Å². The van der Waals surface area contributed by atoms with Crippen molar-refractivity contribution in [1.29, 1.82) is 0 Å². The number of hydrogen-bond donors (Lipinski definition) is 2. The summed E-state index contributed by atoms with van der Waals surface area (Å²) in [7, 11) is 0. The van der Waals surface area contributed by atoms with Crippen LogP contribution in [0.4, 0.5) is 4.79 Å². The second-order valence-corrected chi connectivity index (χ2v) is 7.21. The third-order valence-corrected chi connectivity index (χ3v) is 5.41. The lowest BCUT2D eigenvalue weighted by Gasteiger charge is -2.35. The molecular weight excluding hydrogens is 300 g/mol. The van der Waals surface area contributed by atoms with E-state index in [2.05, 4.69) is 34.7 Å². The van der Waals surface area contributed by atoms with Crippen molar-refractivity contribution in [3.63, 3.8) is 0 Å². The first kappa shape index (κ1) is 17.2. The third-order valence-electron chi connectivity index (χ3n) is 5.41. The van der Waals surface area contributed by atoms with E-state index >= 15 is 0 Å². The molecule has 0 spiro atoms. The van der Waals surface area contributed by atoms with E-state index in [-0.39, 0.29) is 6.03 Å². The molecule has 2 amide bonds. The number of hydrogen-bond acceptors (Lipinski definition) is 3. The number of nitrogens with zero attached hydrogens (tertiary/aromatic N) is 2. The van der Waals surface area contributed by atoms with Crippen LogP contribution in [0.25, 0.3) is 0 Å². The molecular formula is C19H30N4O. The molecule has 0 bridgehead atoms. The van der Waals surface area contributed by atoms with Crippen LogP contribution in [0.3, 0.4) is 0 Å². The molecule has 2 aliphatic rings. The predicted molar refractivity (Wildman–Crippen MR) is 95.8 cm³/mol. The second kappa shape index (κ2) is 8.47. The van der Waals surface area contributed by atoms with Crippen molar-refractivity contribution in [3.05, 3.63) is 30.1 Å². The fourth-order valence-electron chi connectivity index (χ4n) is 3.86. The number of amides is 2. The fraction of sp³-hybridized carbons (Fsp3) is 0.684. The minimum absolute atomic E-state index is 0.141. The number of likely N-dealkylation sites (tertiary alicyclic amines) is 1. The summed E-state index contributed by atoms with van der Waals surface area (Å²) in [4.78, 5) is 18.5. The zero-order valence-electron chi connectivity index (χ0n) is 14.7. The van der Waals surface area contributed by atoms with E-state index in [1.165, 1.54) is 24.8 Å². The van der Waals surface area contributed by atoms with Crippen LogP contribution in [0, 0.1) is 0 Å². The normalized spacial score (nSPS) is 21.5. The molecule has 1 aliphatic heterocycles. The van der Waals surface area contributed by atoms with Gasteiger partial charge in [0.05, 0.1) is 0 Å². The molecule has 0 radical (unpaired) electrons. The van der Waals surface area contributed by atoms with E-state index in [4.69, 9.17) is 0 Å². The Morgan fingerprint density at radius 1 is 1.08 bits per heavy atom. The number of rotatable bonds is 4. The van der Waals surface area contributed by atoms with Crippen LogP contribution in [-0.2, 0) is 0 Å². The largest absolute Gasteiger partial charge is 0.335 e. The summed E-state index contributed by atoms with van der Waals surface area (Å²) >= 11 is 0. The Balaban J connectivity index is 1.41. The van der Waals surface area contributed by atoms with Crippen molar-refractivity contribution in [1.82, 2.24) is 20.5 Å². The molecule has 1 aromatic heterocycles. The van der Waals surface area contributed by atoms with Gasteiger partial charge in [-0.05, 0) is 50.3 Å².